The molecule has 0 radical (unpaired) electrons. The van der Waals surface area contributed by atoms with Crippen LogP contribution in [-0.2, 0) is 10.0 Å². The van der Waals surface area contributed by atoms with Crippen LogP contribution in [0.15, 0.2) is 29.2 Å². The molecule has 0 aliphatic carbocycles. The highest BCUT2D eigenvalue weighted by atomic mass is 32.2. The van der Waals surface area contributed by atoms with Gasteiger partial charge in [-0.3, -0.25) is 0 Å². The first-order valence-corrected chi connectivity index (χ1v) is 7.91. The predicted octanol–water partition coefficient (Wildman–Crippen LogP) is 1.90. The normalized spacial score (nSPS) is 11.1. The molecule has 0 aliphatic heterocycles. The summed E-state index contributed by atoms with van der Waals surface area (Å²) in [7, 11) is -3.91. The van der Waals surface area contributed by atoms with E-state index < -0.39 is 16.0 Å². The van der Waals surface area contributed by atoms with E-state index in [1.807, 2.05) is 0 Å². The van der Waals surface area contributed by atoms with Crippen molar-refractivity contribution < 1.29 is 18.3 Å². The third-order valence-corrected chi connectivity index (χ3v) is 5.31. The first kappa shape index (κ1) is 14.5. The molecule has 1 aromatic carbocycles. The summed E-state index contributed by atoms with van der Waals surface area (Å²) >= 11 is 0.943. The Kier molecular flexibility index (Phi) is 4.09. The van der Waals surface area contributed by atoms with Crippen molar-refractivity contribution in [3.63, 3.8) is 0 Å². The molecule has 2 rings (SSSR count). The molecule has 0 aliphatic rings. The van der Waals surface area contributed by atoms with Gasteiger partial charge in [-0.2, -0.15) is 4.72 Å². The largest absolute Gasteiger partial charge is 0.477 e. The molecule has 1 heterocycles. The zero-order valence-electron chi connectivity index (χ0n) is 10.5. The lowest BCUT2D eigenvalue weighted by Crippen LogP contribution is -2.25. The monoisotopic (exact) mass is 309 g/mol. The number of carboxylic acid groups (broad SMARTS) is 1. The van der Waals surface area contributed by atoms with E-state index in [1.165, 1.54) is 0 Å². The molecule has 2 aromatic rings. The topological polar surface area (TPSA) is 83.5 Å². The van der Waals surface area contributed by atoms with Gasteiger partial charge < -0.3 is 5.11 Å². The minimum absolute atomic E-state index is 0.0535. The molecular formula is C13H11NO4S2. The molecule has 0 bridgehead atoms. The van der Waals surface area contributed by atoms with Crippen molar-refractivity contribution >= 4 is 37.4 Å². The van der Waals surface area contributed by atoms with Gasteiger partial charge in [0.05, 0.1) is 6.54 Å². The molecule has 5 nitrogen and oxygen atoms in total. The van der Waals surface area contributed by atoms with Crippen LogP contribution in [0, 0.1) is 11.8 Å². The van der Waals surface area contributed by atoms with Gasteiger partial charge in [0, 0.05) is 10.1 Å². The van der Waals surface area contributed by atoms with Gasteiger partial charge in [0.1, 0.15) is 9.77 Å². The van der Waals surface area contributed by atoms with Crippen molar-refractivity contribution in [2.75, 3.05) is 6.54 Å². The Balaban J connectivity index is 2.64. The number of nitrogens with one attached hydrogen (secondary N) is 1. The Morgan fingerprint density at radius 1 is 1.40 bits per heavy atom. The van der Waals surface area contributed by atoms with E-state index in [2.05, 4.69) is 16.6 Å². The van der Waals surface area contributed by atoms with Gasteiger partial charge in [0.25, 0.3) is 0 Å². The molecule has 20 heavy (non-hydrogen) atoms. The van der Waals surface area contributed by atoms with Crippen molar-refractivity contribution in [3.8, 4) is 11.8 Å². The van der Waals surface area contributed by atoms with Gasteiger partial charge in [-0.1, -0.05) is 24.1 Å². The number of carbonyl (C=O) groups is 1. The number of thiophene rings is 1. The Hall–Kier alpha value is -1.88. The SMILES string of the molecule is CC#CCNS(=O)(=O)c1c(C(=O)O)sc2ccccc12. The second-order valence-electron chi connectivity index (χ2n) is 3.81. The van der Waals surface area contributed by atoms with Crippen LogP contribution in [-0.4, -0.2) is 26.0 Å². The Morgan fingerprint density at radius 2 is 2.10 bits per heavy atom. The van der Waals surface area contributed by atoms with Crippen molar-refractivity contribution in [2.24, 2.45) is 0 Å². The van der Waals surface area contributed by atoms with Gasteiger partial charge in [-0.15, -0.1) is 17.3 Å². The summed E-state index contributed by atoms with van der Waals surface area (Å²) in [5.74, 6) is 3.89. The quantitative estimate of drug-likeness (QED) is 0.845. The average molecular weight is 309 g/mol. The number of aromatic carboxylic acids is 1. The third-order valence-electron chi connectivity index (χ3n) is 2.54. The molecule has 0 saturated carbocycles. The van der Waals surface area contributed by atoms with Crippen LogP contribution in [0.25, 0.3) is 10.1 Å². The minimum Gasteiger partial charge on any atom is -0.477 e. The first-order chi connectivity index (χ1) is 9.47. The lowest BCUT2D eigenvalue weighted by atomic mass is 10.2. The van der Waals surface area contributed by atoms with Crippen LogP contribution in [0.4, 0.5) is 0 Å². The van der Waals surface area contributed by atoms with E-state index in [9.17, 15) is 18.3 Å². The summed E-state index contributed by atoms with van der Waals surface area (Å²) in [6, 6.07) is 6.69. The van der Waals surface area contributed by atoms with Gasteiger partial charge in [-0.25, -0.2) is 13.2 Å². The van der Waals surface area contributed by atoms with Crippen LogP contribution >= 0.6 is 11.3 Å². The predicted molar refractivity (Wildman–Crippen MR) is 77.4 cm³/mol. The fraction of sp³-hybridized carbons (Fsp3) is 0.154. The van der Waals surface area contributed by atoms with Gasteiger partial charge in [0.15, 0.2) is 0 Å². The zero-order chi connectivity index (χ0) is 14.8. The Bertz CT molecular complexity index is 825. The highest BCUT2D eigenvalue weighted by Gasteiger charge is 2.27. The van der Waals surface area contributed by atoms with Crippen molar-refractivity contribution in [1.82, 2.24) is 4.72 Å². The van der Waals surface area contributed by atoms with Crippen LogP contribution in [0.1, 0.15) is 16.6 Å². The molecule has 0 spiro atoms. The number of hydrogen-bond acceptors (Lipinski definition) is 4. The Morgan fingerprint density at radius 3 is 2.75 bits per heavy atom. The summed E-state index contributed by atoms with van der Waals surface area (Å²) in [6.45, 7) is 1.54. The van der Waals surface area contributed by atoms with Crippen molar-refractivity contribution in [2.45, 2.75) is 11.8 Å². The maximum absolute atomic E-state index is 12.3. The summed E-state index contributed by atoms with van der Waals surface area (Å²) in [6.07, 6.45) is 0. The molecule has 2 N–H and O–H groups in total. The number of carboxylic acids is 1. The van der Waals surface area contributed by atoms with Crippen LogP contribution in [0.5, 0.6) is 0 Å². The molecular weight excluding hydrogens is 298 g/mol. The molecule has 104 valence electrons. The number of benzene rings is 1. The fourth-order valence-electron chi connectivity index (χ4n) is 1.72. The lowest BCUT2D eigenvalue weighted by molar-refractivity contribution is 0.0698. The second kappa shape index (κ2) is 5.63. The zero-order valence-corrected chi connectivity index (χ0v) is 12.1. The fourth-order valence-corrected chi connectivity index (χ4v) is 4.38. The van der Waals surface area contributed by atoms with Crippen molar-refractivity contribution in [3.05, 3.63) is 29.1 Å². The first-order valence-electron chi connectivity index (χ1n) is 5.61. The summed E-state index contributed by atoms with van der Waals surface area (Å²) in [5.41, 5.74) is 0. The van der Waals surface area contributed by atoms with Gasteiger partial charge >= 0.3 is 5.97 Å². The van der Waals surface area contributed by atoms with E-state index in [0.29, 0.717) is 10.1 Å². The lowest BCUT2D eigenvalue weighted by Gasteiger charge is -2.04. The highest BCUT2D eigenvalue weighted by molar-refractivity contribution is 7.90. The molecule has 1 aromatic heterocycles. The minimum atomic E-state index is -3.91. The van der Waals surface area contributed by atoms with Crippen LogP contribution in [0.3, 0.4) is 0 Å². The number of hydrogen-bond donors (Lipinski definition) is 2. The number of rotatable bonds is 4. The van der Waals surface area contributed by atoms with E-state index in [0.717, 1.165) is 11.3 Å². The van der Waals surface area contributed by atoms with E-state index in [1.54, 1.807) is 31.2 Å². The third kappa shape index (κ3) is 2.67. The van der Waals surface area contributed by atoms with E-state index in [4.69, 9.17) is 0 Å². The molecule has 0 unspecified atom stereocenters. The second-order valence-corrected chi connectivity index (χ2v) is 6.57. The maximum atomic E-state index is 12.3. The maximum Gasteiger partial charge on any atom is 0.347 e. The Labute approximate surface area is 120 Å². The number of sulfonamides is 1. The standard InChI is InChI=1S/C13H11NO4S2/c1-2-3-8-14-20(17,18)12-9-6-4-5-7-10(9)19-11(12)13(15)16/h4-7,14H,8H2,1H3,(H,15,16). The average Bonchev–Trinajstić information content (AvgIpc) is 2.79. The van der Waals surface area contributed by atoms with Crippen LogP contribution < -0.4 is 4.72 Å². The van der Waals surface area contributed by atoms with E-state index in [-0.39, 0.29) is 16.3 Å². The summed E-state index contributed by atoms with van der Waals surface area (Å²) < 4.78 is 27.5. The summed E-state index contributed by atoms with van der Waals surface area (Å²) in [5, 5.41) is 9.60. The van der Waals surface area contributed by atoms with E-state index >= 15 is 0 Å². The molecule has 0 atom stereocenters. The molecule has 0 amide bonds. The highest BCUT2D eigenvalue weighted by Crippen LogP contribution is 2.34. The molecule has 0 fully saturated rings. The van der Waals surface area contributed by atoms with Crippen LogP contribution in [0.2, 0.25) is 0 Å². The smallest absolute Gasteiger partial charge is 0.347 e. The number of fused-ring (bicyclic) bond motifs is 1. The summed E-state index contributed by atoms with van der Waals surface area (Å²) in [4.78, 5) is 10.9. The van der Waals surface area contributed by atoms with Gasteiger partial charge in [-0.05, 0) is 13.0 Å². The molecule has 7 heteroatoms. The van der Waals surface area contributed by atoms with Crippen molar-refractivity contribution in [1.29, 1.82) is 0 Å². The molecule has 0 saturated heterocycles. The van der Waals surface area contributed by atoms with Gasteiger partial charge in [0.2, 0.25) is 10.0 Å².